The van der Waals surface area contributed by atoms with Gasteiger partial charge in [-0.2, -0.15) is 0 Å². The van der Waals surface area contributed by atoms with Crippen molar-refractivity contribution in [1.82, 2.24) is 10.9 Å². The number of nitrogens with one attached hydrogen (secondary N) is 2. The molecule has 0 bridgehead atoms. The van der Waals surface area contributed by atoms with Crippen LogP contribution in [0.3, 0.4) is 0 Å². The standard InChI is InChI=1S/C12H12BrClN2O5/c1-7(17)15-16-11(18)5-21-12(19)6-20-10-3-2-8(14)4-9(10)13/h2-4H,5-6H2,1H3,(H,15,17)(H,16,18). The monoisotopic (exact) mass is 378 g/mol. The highest BCUT2D eigenvalue weighted by atomic mass is 79.9. The summed E-state index contributed by atoms with van der Waals surface area (Å²) in [5.41, 5.74) is 4.11. The van der Waals surface area contributed by atoms with Crippen LogP contribution < -0.4 is 15.6 Å². The number of amides is 2. The highest BCUT2D eigenvalue weighted by molar-refractivity contribution is 9.10. The molecule has 0 fully saturated rings. The molecule has 0 aliphatic heterocycles. The molecular formula is C12H12BrClN2O5. The van der Waals surface area contributed by atoms with Gasteiger partial charge in [-0.25, -0.2) is 4.79 Å². The molecule has 1 aromatic rings. The molecule has 0 aliphatic rings. The third-order valence-electron chi connectivity index (χ3n) is 1.98. The van der Waals surface area contributed by atoms with Gasteiger partial charge in [-0.1, -0.05) is 11.6 Å². The van der Waals surface area contributed by atoms with Gasteiger partial charge in [0, 0.05) is 11.9 Å². The number of hydrazine groups is 1. The van der Waals surface area contributed by atoms with Crippen molar-refractivity contribution in [2.45, 2.75) is 6.92 Å². The van der Waals surface area contributed by atoms with E-state index in [9.17, 15) is 14.4 Å². The van der Waals surface area contributed by atoms with Crippen molar-refractivity contribution in [1.29, 1.82) is 0 Å². The third kappa shape index (κ3) is 6.96. The van der Waals surface area contributed by atoms with Gasteiger partial charge in [-0.15, -0.1) is 0 Å². The fourth-order valence-corrected chi connectivity index (χ4v) is 1.91. The zero-order chi connectivity index (χ0) is 15.8. The van der Waals surface area contributed by atoms with E-state index >= 15 is 0 Å². The predicted octanol–water partition coefficient (Wildman–Crippen LogP) is 1.19. The molecule has 0 radical (unpaired) electrons. The van der Waals surface area contributed by atoms with Gasteiger partial charge in [0.1, 0.15) is 5.75 Å². The van der Waals surface area contributed by atoms with Crippen LogP contribution in [0, 0.1) is 0 Å². The largest absolute Gasteiger partial charge is 0.481 e. The summed E-state index contributed by atoms with van der Waals surface area (Å²) < 4.78 is 10.4. The van der Waals surface area contributed by atoms with E-state index in [1.807, 2.05) is 5.43 Å². The maximum Gasteiger partial charge on any atom is 0.344 e. The molecule has 0 aliphatic carbocycles. The smallest absolute Gasteiger partial charge is 0.344 e. The molecule has 2 N–H and O–H groups in total. The summed E-state index contributed by atoms with van der Waals surface area (Å²) in [5, 5.41) is 0.520. The minimum atomic E-state index is -0.727. The van der Waals surface area contributed by atoms with Crippen LogP contribution in [-0.4, -0.2) is 31.0 Å². The SMILES string of the molecule is CC(=O)NNC(=O)COC(=O)COc1ccc(Cl)cc1Br. The fraction of sp³-hybridized carbons (Fsp3) is 0.250. The molecule has 0 saturated heterocycles. The van der Waals surface area contributed by atoms with Gasteiger partial charge in [0.25, 0.3) is 5.91 Å². The Kier molecular flexibility index (Phi) is 6.97. The first-order chi connectivity index (χ1) is 9.88. The van der Waals surface area contributed by atoms with Crippen LogP contribution in [0.2, 0.25) is 5.02 Å². The minimum Gasteiger partial charge on any atom is -0.481 e. The van der Waals surface area contributed by atoms with Crippen LogP contribution in [-0.2, 0) is 19.1 Å². The topological polar surface area (TPSA) is 93.7 Å². The minimum absolute atomic E-state index is 0.367. The van der Waals surface area contributed by atoms with Gasteiger partial charge >= 0.3 is 5.97 Å². The second kappa shape index (κ2) is 8.48. The number of hydrogen-bond acceptors (Lipinski definition) is 5. The quantitative estimate of drug-likeness (QED) is 0.592. The van der Waals surface area contributed by atoms with Crippen molar-refractivity contribution in [2.75, 3.05) is 13.2 Å². The second-order valence-corrected chi connectivity index (χ2v) is 5.04. The summed E-state index contributed by atoms with van der Waals surface area (Å²) in [6.45, 7) is 0.335. The Hall–Kier alpha value is -1.80. The van der Waals surface area contributed by atoms with Crippen molar-refractivity contribution >= 4 is 45.3 Å². The Morgan fingerprint density at radius 3 is 2.57 bits per heavy atom. The summed E-state index contributed by atoms with van der Waals surface area (Å²) in [6.07, 6.45) is 0. The van der Waals surface area contributed by atoms with Crippen molar-refractivity contribution < 1.29 is 23.9 Å². The van der Waals surface area contributed by atoms with E-state index in [0.717, 1.165) is 0 Å². The lowest BCUT2D eigenvalue weighted by Crippen LogP contribution is -2.42. The average molecular weight is 380 g/mol. The summed E-state index contributed by atoms with van der Waals surface area (Å²) >= 11 is 8.99. The molecule has 2 amide bonds. The van der Waals surface area contributed by atoms with Gasteiger partial charge in [-0.3, -0.25) is 20.4 Å². The highest BCUT2D eigenvalue weighted by Crippen LogP contribution is 2.27. The number of esters is 1. The summed E-state index contributed by atoms with van der Waals surface area (Å²) in [4.78, 5) is 33.1. The Labute approximate surface area is 134 Å². The molecule has 0 spiro atoms. The van der Waals surface area contributed by atoms with Crippen molar-refractivity contribution in [3.05, 3.63) is 27.7 Å². The third-order valence-corrected chi connectivity index (χ3v) is 2.84. The molecule has 0 aromatic heterocycles. The molecular weight excluding hydrogens is 367 g/mol. The first-order valence-electron chi connectivity index (χ1n) is 5.67. The van der Waals surface area contributed by atoms with Crippen molar-refractivity contribution in [3.8, 4) is 5.75 Å². The Morgan fingerprint density at radius 2 is 1.95 bits per heavy atom. The first-order valence-corrected chi connectivity index (χ1v) is 6.84. The zero-order valence-corrected chi connectivity index (χ0v) is 13.3. The molecule has 9 heteroatoms. The maximum atomic E-state index is 11.4. The number of ether oxygens (including phenoxy) is 2. The number of benzene rings is 1. The van der Waals surface area contributed by atoms with Gasteiger partial charge in [0.2, 0.25) is 5.91 Å². The van der Waals surface area contributed by atoms with Crippen LogP contribution >= 0.6 is 27.5 Å². The Bertz CT molecular complexity index is 552. The number of halogens is 2. The van der Waals surface area contributed by atoms with E-state index in [1.165, 1.54) is 6.92 Å². The molecule has 1 aromatic carbocycles. The molecule has 0 saturated carbocycles. The number of rotatable bonds is 5. The summed E-state index contributed by atoms with van der Waals surface area (Å²) in [7, 11) is 0. The van der Waals surface area contributed by atoms with E-state index in [2.05, 4.69) is 26.1 Å². The van der Waals surface area contributed by atoms with Gasteiger partial charge in [0.05, 0.1) is 4.47 Å². The lowest BCUT2D eigenvalue weighted by molar-refractivity contribution is -0.150. The average Bonchev–Trinajstić information content (AvgIpc) is 2.41. The highest BCUT2D eigenvalue weighted by Gasteiger charge is 2.10. The van der Waals surface area contributed by atoms with E-state index < -0.39 is 24.4 Å². The molecule has 0 heterocycles. The molecule has 1 rings (SSSR count). The van der Waals surface area contributed by atoms with E-state index in [4.69, 9.17) is 16.3 Å². The van der Waals surface area contributed by atoms with Crippen LogP contribution in [0.15, 0.2) is 22.7 Å². The lowest BCUT2D eigenvalue weighted by Gasteiger charge is -2.09. The fourth-order valence-electron chi connectivity index (χ4n) is 1.11. The molecule has 0 unspecified atom stereocenters. The number of carbonyl (C=O) groups excluding carboxylic acids is 3. The van der Waals surface area contributed by atoms with Gasteiger partial charge in [-0.05, 0) is 34.1 Å². The molecule has 21 heavy (non-hydrogen) atoms. The van der Waals surface area contributed by atoms with E-state index in [1.54, 1.807) is 18.2 Å². The van der Waals surface area contributed by atoms with E-state index in [-0.39, 0.29) is 6.61 Å². The number of carbonyl (C=O) groups is 3. The lowest BCUT2D eigenvalue weighted by atomic mass is 10.3. The molecule has 7 nitrogen and oxygen atoms in total. The van der Waals surface area contributed by atoms with Crippen LogP contribution in [0.25, 0.3) is 0 Å². The van der Waals surface area contributed by atoms with Crippen LogP contribution in [0.5, 0.6) is 5.75 Å². The number of hydrogen-bond donors (Lipinski definition) is 2. The Balaban J connectivity index is 2.31. The molecule has 0 atom stereocenters. The normalized spacial score (nSPS) is 9.67. The first kappa shape index (κ1) is 17.3. The molecule has 114 valence electrons. The van der Waals surface area contributed by atoms with Crippen LogP contribution in [0.1, 0.15) is 6.92 Å². The zero-order valence-electron chi connectivity index (χ0n) is 10.9. The van der Waals surface area contributed by atoms with Gasteiger partial charge in [0.15, 0.2) is 13.2 Å². The predicted molar refractivity (Wildman–Crippen MR) is 77.6 cm³/mol. The van der Waals surface area contributed by atoms with Crippen LogP contribution in [0.4, 0.5) is 0 Å². The maximum absolute atomic E-state index is 11.4. The summed E-state index contributed by atoms with van der Waals surface area (Å²) in [6, 6.07) is 4.81. The van der Waals surface area contributed by atoms with E-state index in [0.29, 0.717) is 15.2 Å². The second-order valence-electron chi connectivity index (χ2n) is 3.75. The summed E-state index contributed by atoms with van der Waals surface area (Å²) in [5.74, 6) is -1.41. The van der Waals surface area contributed by atoms with Crippen molar-refractivity contribution in [3.63, 3.8) is 0 Å². The Morgan fingerprint density at radius 1 is 1.24 bits per heavy atom. The van der Waals surface area contributed by atoms with Crippen molar-refractivity contribution in [2.24, 2.45) is 0 Å². The van der Waals surface area contributed by atoms with Gasteiger partial charge < -0.3 is 9.47 Å².